The lowest BCUT2D eigenvalue weighted by Crippen LogP contribution is -2.39. The molecular formula is C29H31N3O4. The fourth-order valence-electron chi connectivity index (χ4n) is 4.79. The van der Waals surface area contributed by atoms with Gasteiger partial charge in [-0.15, -0.1) is 0 Å². The van der Waals surface area contributed by atoms with E-state index in [0.717, 1.165) is 42.0 Å². The van der Waals surface area contributed by atoms with E-state index in [9.17, 15) is 4.79 Å². The van der Waals surface area contributed by atoms with E-state index in [1.807, 2.05) is 53.4 Å². The molecular weight excluding hydrogens is 454 g/mol. The van der Waals surface area contributed by atoms with Crippen molar-refractivity contribution in [1.29, 1.82) is 0 Å². The Labute approximate surface area is 211 Å². The Morgan fingerprint density at radius 1 is 0.889 bits per heavy atom. The lowest BCUT2D eigenvalue weighted by atomic mass is 9.96. The van der Waals surface area contributed by atoms with Crippen molar-refractivity contribution in [3.63, 3.8) is 0 Å². The van der Waals surface area contributed by atoms with E-state index in [-0.39, 0.29) is 5.91 Å². The highest BCUT2D eigenvalue weighted by Crippen LogP contribution is 2.27. The second kappa shape index (κ2) is 10.7. The molecule has 1 fully saturated rings. The van der Waals surface area contributed by atoms with Gasteiger partial charge >= 0.3 is 0 Å². The minimum Gasteiger partial charge on any atom is -0.497 e. The van der Waals surface area contributed by atoms with Gasteiger partial charge in [0.25, 0.3) is 5.91 Å². The Hall–Kier alpha value is -4.00. The Balaban J connectivity index is 1.27. The van der Waals surface area contributed by atoms with Gasteiger partial charge in [0, 0.05) is 31.3 Å². The molecule has 3 aromatic carbocycles. The Morgan fingerprint density at radius 3 is 2.25 bits per heavy atom. The highest BCUT2D eigenvalue weighted by atomic mass is 16.5. The van der Waals surface area contributed by atoms with Gasteiger partial charge < -0.3 is 23.7 Å². The molecule has 0 bridgehead atoms. The van der Waals surface area contributed by atoms with E-state index in [0.29, 0.717) is 42.7 Å². The summed E-state index contributed by atoms with van der Waals surface area (Å²) in [7, 11) is 3.18. The van der Waals surface area contributed by atoms with Gasteiger partial charge in [0.1, 0.15) is 29.7 Å². The number of hydrogen-bond acceptors (Lipinski definition) is 5. The van der Waals surface area contributed by atoms with Crippen molar-refractivity contribution >= 4 is 16.9 Å². The second-order valence-corrected chi connectivity index (χ2v) is 9.07. The van der Waals surface area contributed by atoms with Crippen molar-refractivity contribution in [3.8, 4) is 17.2 Å². The Morgan fingerprint density at radius 2 is 1.56 bits per heavy atom. The molecule has 7 heteroatoms. The number of amides is 1. The molecule has 36 heavy (non-hydrogen) atoms. The van der Waals surface area contributed by atoms with Crippen LogP contribution in [0.3, 0.4) is 0 Å². The van der Waals surface area contributed by atoms with E-state index >= 15 is 0 Å². The van der Waals surface area contributed by atoms with Gasteiger partial charge in [-0.05, 0) is 55.2 Å². The molecule has 0 unspecified atom stereocenters. The number of likely N-dealkylation sites (tertiary alicyclic amines) is 1. The second-order valence-electron chi connectivity index (χ2n) is 9.07. The largest absolute Gasteiger partial charge is 0.497 e. The summed E-state index contributed by atoms with van der Waals surface area (Å²) in [6.07, 6.45) is 1.86. The number of para-hydroxylation sites is 3. The normalized spacial score (nSPS) is 14.1. The van der Waals surface area contributed by atoms with E-state index in [1.165, 1.54) is 0 Å². The predicted octanol–water partition coefficient (Wildman–Crippen LogP) is 5.18. The summed E-state index contributed by atoms with van der Waals surface area (Å²) in [6.45, 7) is 2.69. The SMILES string of the molecule is COc1cc(OC)cc(C(=O)N2CCC(Cn3c(COc4ccccc4)nc4ccccc43)CC2)c1. The highest BCUT2D eigenvalue weighted by molar-refractivity contribution is 5.95. The standard InChI is InChI=1S/C29H31N3O4/c1-34-24-16-22(17-25(18-24)35-2)29(33)31-14-12-21(13-15-31)19-32-27-11-7-6-10-26(27)30-28(32)20-36-23-8-4-3-5-9-23/h3-11,16-18,21H,12-15,19-20H2,1-2H3. The van der Waals surface area contributed by atoms with E-state index < -0.39 is 0 Å². The maximum absolute atomic E-state index is 13.2. The molecule has 0 spiro atoms. The van der Waals surface area contributed by atoms with Crippen molar-refractivity contribution in [2.75, 3.05) is 27.3 Å². The first-order valence-electron chi connectivity index (χ1n) is 12.3. The summed E-state index contributed by atoms with van der Waals surface area (Å²) in [5.41, 5.74) is 2.68. The van der Waals surface area contributed by atoms with Crippen LogP contribution in [0.4, 0.5) is 0 Å². The number of fused-ring (bicyclic) bond motifs is 1. The minimum atomic E-state index is 0.00989. The zero-order chi connectivity index (χ0) is 24.9. The lowest BCUT2D eigenvalue weighted by molar-refractivity contribution is 0.0682. The number of imidazole rings is 1. The summed E-state index contributed by atoms with van der Waals surface area (Å²) in [5.74, 6) is 3.44. The number of benzene rings is 3. The Kier molecular flexibility index (Phi) is 7.07. The van der Waals surface area contributed by atoms with Crippen molar-refractivity contribution < 1.29 is 19.0 Å². The smallest absolute Gasteiger partial charge is 0.254 e. The predicted molar refractivity (Wildman–Crippen MR) is 139 cm³/mol. The molecule has 0 radical (unpaired) electrons. The van der Waals surface area contributed by atoms with Crippen molar-refractivity contribution in [2.24, 2.45) is 5.92 Å². The van der Waals surface area contributed by atoms with Crippen molar-refractivity contribution in [3.05, 3.63) is 84.2 Å². The monoisotopic (exact) mass is 485 g/mol. The third kappa shape index (κ3) is 5.15. The molecule has 5 rings (SSSR count). The van der Waals surface area contributed by atoms with Crippen LogP contribution in [-0.2, 0) is 13.2 Å². The average Bonchev–Trinajstić information content (AvgIpc) is 3.29. The lowest BCUT2D eigenvalue weighted by Gasteiger charge is -2.32. The molecule has 0 aliphatic carbocycles. The minimum absolute atomic E-state index is 0.00989. The molecule has 186 valence electrons. The zero-order valence-corrected chi connectivity index (χ0v) is 20.7. The molecule has 2 heterocycles. The average molecular weight is 486 g/mol. The third-order valence-corrected chi connectivity index (χ3v) is 6.79. The van der Waals surface area contributed by atoms with Gasteiger partial charge in [-0.25, -0.2) is 4.98 Å². The molecule has 1 amide bonds. The number of rotatable bonds is 8. The van der Waals surface area contributed by atoms with Crippen LogP contribution in [0.25, 0.3) is 11.0 Å². The van der Waals surface area contributed by atoms with Gasteiger partial charge in [-0.3, -0.25) is 4.79 Å². The van der Waals surface area contributed by atoms with Crippen LogP contribution in [0.1, 0.15) is 29.0 Å². The summed E-state index contributed by atoms with van der Waals surface area (Å²) in [4.78, 5) is 20.0. The molecule has 0 N–H and O–H groups in total. The molecule has 1 saturated heterocycles. The van der Waals surface area contributed by atoms with Crippen LogP contribution in [0, 0.1) is 5.92 Å². The first-order chi connectivity index (χ1) is 17.6. The molecule has 4 aromatic rings. The maximum Gasteiger partial charge on any atom is 0.254 e. The molecule has 1 aromatic heterocycles. The molecule has 1 aliphatic heterocycles. The van der Waals surface area contributed by atoms with Crippen molar-refractivity contribution in [1.82, 2.24) is 14.5 Å². The van der Waals surface area contributed by atoms with Crippen LogP contribution in [0.15, 0.2) is 72.8 Å². The number of aromatic nitrogens is 2. The fourth-order valence-corrected chi connectivity index (χ4v) is 4.79. The van der Waals surface area contributed by atoms with Gasteiger partial charge in [0.15, 0.2) is 0 Å². The molecule has 7 nitrogen and oxygen atoms in total. The topological polar surface area (TPSA) is 65.8 Å². The van der Waals surface area contributed by atoms with Crippen LogP contribution in [0.2, 0.25) is 0 Å². The summed E-state index contributed by atoms with van der Waals surface area (Å²) in [6, 6.07) is 23.4. The number of nitrogens with zero attached hydrogens (tertiary/aromatic N) is 3. The molecule has 1 aliphatic rings. The zero-order valence-electron chi connectivity index (χ0n) is 20.7. The number of piperidine rings is 1. The Bertz CT molecular complexity index is 1300. The summed E-state index contributed by atoms with van der Waals surface area (Å²) >= 11 is 0. The van der Waals surface area contributed by atoms with Crippen LogP contribution in [-0.4, -0.2) is 47.7 Å². The quantitative estimate of drug-likeness (QED) is 0.344. The third-order valence-electron chi connectivity index (χ3n) is 6.79. The van der Waals surface area contributed by atoms with Gasteiger partial charge in [0.2, 0.25) is 0 Å². The fraction of sp³-hybridized carbons (Fsp3) is 0.310. The van der Waals surface area contributed by atoms with E-state index in [2.05, 4.69) is 10.6 Å². The van der Waals surface area contributed by atoms with Gasteiger partial charge in [0.05, 0.1) is 25.3 Å². The maximum atomic E-state index is 13.2. The van der Waals surface area contributed by atoms with Gasteiger partial charge in [-0.2, -0.15) is 0 Å². The first-order valence-corrected chi connectivity index (χ1v) is 12.3. The molecule has 0 atom stereocenters. The van der Waals surface area contributed by atoms with Crippen LogP contribution >= 0.6 is 0 Å². The molecule has 0 saturated carbocycles. The summed E-state index contributed by atoms with van der Waals surface area (Å²) in [5, 5.41) is 0. The highest BCUT2D eigenvalue weighted by Gasteiger charge is 2.26. The number of ether oxygens (including phenoxy) is 3. The van der Waals surface area contributed by atoms with Crippen LogP contribution in [0.5, 0.6) is 17.2 Å². The number of hydrogen-bond donors (Lipinski definition) is 0. The first kappa shape index (κ1) is 23.7. The van der Waals surface area contributed by atoms with E-state index in [1.54, 1.807) is 32.4 Å². The number of carbonyl (C=O) groups is 1. The number of carbonyl (C=O) groups excluding carboxylic acids is 1. The van der Waals surface area contributed by atoms with Gasteiger partial charge in [-0.1, -0.05) is 30.3 Å². The summed E-state index contributed by atoms with van der Waals surface area (Å²) < 4.78 is 19.0. The number of methoxy groups -OCH3 is 2. The van der Waals surface area contributed by atoms with Crippen molar-refractivity contribution in [2.45, 2.75) is 26.0 Å². The van der Waals surface area contributed by atoms with E-state index in [4.69, 9.17) is 19.2 Å². The van der Waals surface area contributed by atoms with Crippen LogP contribution < -0.4 is 14.2 Å².